The number of aromatic nitrogens is 4. The zero-order valence-electron chi connectivity index (χ0n) is 16.9. The molecule has 1 aromatic carbocycles. The van der Waals surface area contributed by atoms with Crippen molar-refractivity contribution in [3.63, 3.8) is 0 Å². The van der Waals surface area contributed by atoms with E-state index in [-0.39, 0.29) is 29.3 Å². The van der Waals surface area contributed by atoms with E-state index in [1.165, 1.54) is 12.1 Å². The number of ether oxygens (including phenoxy) is 2. The van der Waals surface area contributed by atoms with Crippen molar-refractivity contribution < 1.29 is 14.7 Å². The Kier molecular flexibility index (Phi) is 6.74. The van der Waals surface area contributed by atoms with Gasteiger partial charge in [-0.2, -0.15) is 9.97 Å². The van der Waals surface area contributed by atoms with E-state index in [1.807, 2.05) is 18.3 Å². The molecule has 0 atom stereocenters. The van der Waals surface area contributed by atoms with Gasteiger partial charge in [0.2, 0.25) is 11.2 Å². The van der Waals surface area contributed by atoms with Crippen LogP contribution < -0.4 is 9.96 Å². The fourth-order valence-electron chi connectivity index (χ4n) is 3.17. The summed E-state index contributed by atoms with van der Waals surface area (Å²) in [5, 5.41) is 21.7. The first-order valence-corrected chi connectivity index (χ1v) is 10.1. The third-order valence-electron chi connectivity index (χ3n) is 4.61. The van der Waals surface area contributed by atoms with Crippen molar-refractivity contribution in [3.8, 4) is 22.8 Å². The maximum absolute atomic E-state index is 11.2. The lowest BCUT2D eigenvalue weighted by Gasteiger charge is -2.24. The molecule has 32 heavy (non-hydrogen) atoms. The zero-order chi connectivity index (χ0) is 22.5. The molecule has 10 heteroatoms. The molecule has 0 saturated heterocycles. The molecule has 4 aromatic rings. The lowest BCUT2D eigenvalue weighted by molar-refractivity contribution is -0.715. The third-order valence-corrected chi connectivity index (χ3v) is 4.78. The number of hydrogen-bond acceptors (Lipinski definition) is 7. The van der Waals surface area contributed by atoms with E-state index >= 15 is 0 Å². The van der Waals surface area contributed by atoms with Gasteiger partial charge in [0.15, 0.2) is 5.65 Å². The molecule has 0 fully saturated rings. The van der Waals surface area contributed by atoms with E-state index in [1.54, 1.807) is 35.2 Å². The Labute approximate surface area is 188 Å². The highest BCUT2D eigenvalue weighted by Gasteiger charge is 2.20. The standard InChI is InChI=1S/C22H19ClN5O4/c1-2-3-10-31-14-27-13-18(15-6-5-9-24-12-15)19-20(27)25-22(23)26-21(19)32-17-8-4-7-16(11-17)28(29)30/h2,4-9,11-13,28H,1,3,10,14H2/q-1. The summed E-state index contributed by atoms with van der Waals surface area (Å²) >= 11 is 6.20. The number of hydrogen-bond donors (Lipinski definition) is 1. The smallest absolute Gasteiger partial charge is 0.233 e. The molecule has 0 radical (unpaired) electrons. The highest BCUT2D eigenvalue weighted by Crippen LogP contribution is 2.37. The van der Waals surface area contributed by atoms with E-state index in [2.05, 4.69) is 21.5 Å². The Balaban J connectivity index is 1.82. The van der Waals surface area contributed by atoms with Gasteiger partial charge in [-0.25, -0.2) is 0 Å². The average Bonchev–Trinajstić information content (AvgIpc) is 3.16. The minimum atomic E-state index is -1.31. The van der Waals surface area contributed by atoms with Gasteiger partial charge in [0.1, 0.15) is 18.2 Å². The molecule has 0 aliphatic rings. The number of fused-ring (bicyclic) bond motifs is 1. The van der Waals surface area contributed by atoms with Gasteiger partial charge < -0.3 is 29.7 Å². The summed E-state index contributed by atoms with van der Waals surface area (Å²) < 4.78 is 13.5. The second-order valence-electron chi connectivity index (χ2n) is 6.78. The van der Waals surface area contributed by atoms with Gasteiger partial charge in [-0.05, 0) is 36.2 Å². The van der Waals surface area contributed by atoms with Crippen molar-refractivity contribution in [2.45, 2.75) is 13.2 Å². The van der Waals surface area contributed by atoms with Crippen LogP contribution in [0.3, 0.4) is 0 Å². The molecule has 0 amide bonds. The van der Waals surface area contributed by atoms with Gasteiger partial charge in [0, 0.05) is 35.8 Å². The molecule has 0 spiro atoms. The zero-order valence-corrected chi connectivity index (χ0v) is 17.7. The maximum atomic E-state index is 11.2. The van der Waals surface area contributed by atoms with Crippen molar-refractivity contribution in [2.75, 3.05) is 6.61 Å². The molecule has 0 aliphatic carbocycles. The molecule has 3 heterocycles. The Morgan fingerprint density at radius 3 is 2.81 bits per heavy atom. The number of benzene rings is 1. The predicted molar refractivity (Wildman–Crippen MR) is 120 cm³/mol. The van der Waals surface area contributed by atoms with Gasteiger partial charge in [0.25, 0.3) is 0 Å². The number of rotatable bonds is 9. The number of nitrogens with zero attached hydrogens (tertiary/aromatic N) is 4. The number of quaternary nitrogens is 1. The van der Waals surface area contributed by atoms with Gasteiger partial charge in [-0.1, -0.05) is 18.2 Å². The van der Waals surface area contributed by atoms with Crippen LogP contribution in [-0.2, 0) is 11.5 Å². The van der Waals surface area contributed by atoms with Gasteiger partial charge >= 0.3 is 0 Å². The molecule has 3 aromatic heterocycles. The summed E-state index contributed by atoms with van der Waals surface area (Å²) in [6, 6.07) is 9.67. The van der Waals surface area contributed by atoms with Gasteiger partial charge in [0.05, 0.1) is 12.0 Å². The Morgan fingerprint density at radius 2 is 2.06 bits per heavy atom. The molecule has 0 aliphatic heterocycles. The first kappa shape index (κ1) is 21.9. The highest BCUT2D eigenvalue weighted by molar-refractivity contribution is 6.28. The van der Waals surface area contributed by atoms with Crippen LogP contribution in [0.4, 0.5) is 5.69 Å². The third kappa shape index (κ3) is 4.77. The first-order valence-electron chi connectivity index (χ1n) is 9.71. The van der Waals surface area contributed by atoms with Crippen LogP contribution in [0.25, 0.3) is 22.2 Å². The maximum Gasteiger partial charge on any atom is 0.233 e. The Morgan fingerprint density at radius 1 is 1.19 bits per heavy atom. The summed E-state index contributed by atoms with van der Waals surface area (Å²) in [4.78, 5) is 12.8. The molecule has 164 valence electrons. The minimum absolute atomic E-state index is 0.0143. The van der Waals surface area contributed by atoms with E-state index in [0.717, 1.165) is 11.1 Å². The topological polar surface area (TPSA) is 113 Å². The Bertz CT molecular complexity index is 1230. The SMILES string of the molecule is C=CCCOCn1cc(-c2cccnc2)c2c(Oc3cccc([NH+]([O-])[O-])c3)nc(Cl)nc21. The van der Waals surface area contributed by atoms with E-state index in [4.69, 9.17) is 21.1 Å². The first-order chi connectivity index (χ1) is 15.6. The quantitative estimate of drug-likeness (QED) is 0.177. The highest BCUT2D eigenvalue weighted by atomic mass is 35.5. The van der Waals surface area contributed by atoms with Crippen LogP contribution >= 0.6 is 11.6 Å². The summed E-state index contributed by atoms with van der Waals surface area (Å²) in [6.07, 6.45) is 7.75. The van der Waals surface area contributed by atoms with E-state index in [9.17, 15) is 10.4 Å². The largest absolute Gasteiger partial charge is 0.628 e. The predicted octanol–water partition coefficient (Wildman–Crippen LogP) is 4.00. The van der Waals surface area contributed by atoms with E-state index < -0.39 is 5.23 Å². The lowest BCUT2D eigenvalue weighted by Crippen LogP contribution is -2.96. The Hall–Kier alpha value is -3.34. The van der Waals surface area contributed by atoms with Crippen molar-refractivity contribution in [1.29, 1.82) is 0 Å². The number of halogens is 1. The van der Waals surface area contributed by atoms with E-state index in [0.29, 0.717) is 24.1 Å². The second kappa shape index (κ2) is 9.86. The van der Waals surface area contributed by atoms with Gasteiger partial charge in [-0.3, -0.25) is 4.98 Å². The van der Waals surface area contributed by atoms with Crippen LogP contribution in [0.15, 0.2) is 67.6 Å². The normalized spacial score (nSPS) is 11.2. The van der Waals surface area contributed by atoms with Crippen LogP contribution in [-0.4, -0.2) is 26.1 Å². The molecule has 4 rings (SSSR count). The fraction of sp³-hybridized carbons (Fsp3) is 0.136. The molecule has 9 nitrogen and oxygen atoms in total. The summed E-state index contributed by atoms with van der Waals surface area (Å²) in [7, 11) is 0. The molecule has 0 bridgehead atoms. The van der Waals surface area contributed by atoms with Crippen LogP contribution in [0.1, 0.15) is 6.42 Å². The minimum Gasteiger partial charge on any atom is -0.628 e. The summed E-state index contributed by atoms with van der Waals surface area (Å²) in [6.45, 7) is 4.43. The van der Waals surface area contributed by atoms with Crippen molar-refractivity contribution in [1.82, 2.24) is 19.5 Å². The number of pyridine rings is 1. The van der Waals surface area contributed by atoms with Crippen LogP contribution in [0.5, 0.6) is 11.6 Å². The average molecular weight is 453 g/mol. The van der Waals surface area contributed by atoms with Gasteiger partial charge in [-0.15, -0.1) is 6.58 Å². The molecule has 0 saturated carbocycles. The van der Waals surface area contributed by atoms with Crippen LogP contribution in [0.2, 0.25) is 5.28 Å². The number of nitrogens with one attached hydrogen (secondary N) is 1. The molecular formula is C22H19ClN5O4-. The summed E-state index contributed by atoms with van der Waals surface area (Å²) in [5.41, 5.74) is 2.08. The fourth-order valence-corrected chi connectivity index (χ4v) is 3.33. The lowest BCUT2D eigenvalue weighted by atomic mass is 10.1. The van der Waals surface area contributed by atoms with Crippen molar-refractivity contribution >= 4 is 28.3 Å². The summed E-state index contributed by atoms with van der Waals surface area (Å²) in [5.74, 6) is 0.453. The van der Waals surface area contributed by atoms with Crippen molar-refractivity contribution in [2.24, 2.45) is 0 Å². The molecule has 0 unspecified atom stereocenters. The van der Waals surface area contributed by atoms with Crippen LogP contribution in [0, 0.1) is 10.4 Å². The monoisotopic (exact) mass is 452 g/mol. The molecule has 1 N–H and O–H groups in total. The molecular weight excluding hydrogens is 434 g/mol. The second-order valence-corrected chi connectivity index (χ2v) is 7.12. The van der Waals surface area contributed by atoms with Crippen molar-refractivity contribution in [3.05, 3.63) is 83.3 Å².